The van der Waals surface area contributed by atoms with Gasteiger partial charge < -0.3 is 10.5 Å². The van der Waals surface area contributed by atoms with Gasteiger partial charge in [-0.3, -0.25) is 4.90 Å². The van der Waals surface area contributed by atoms with Gasteiger partial charge >= 0.3 is 0 Å². The van der Waals surface area contributed by atoms with Gasteiger partial charge in [0.05, 0.1) is 6.61 Å². The van der Waals surface area contributed by atoms with Crippen LogP contribution in [0.3, 0.4) is 0 Å². The molecule has 0 radical (unpaired) electrons. The van der Waals surface area contributed by atoms with Gasteiger partial charge in [0.25, 0.3) is 0 Å². The predicted octanol–water partition coefficient (Wildman–Crippen LogP) is 1.08. The first-order chi connectivity index (χ1) is 6.65. The zero-order chi connectivity index (χ0) is 10.6. The van der Waals surface area contributed by atoms with E-state index in [4.69, 9.17) is 10.5 Å². The van der Waals surface area contributed by atoms with E-state index in [0.717, 1.165) is 13.2 Å². The van der Waals surface area contributed by atoms with Crippen LogP contribution < -0.4 is 5.73 Å². The van der Waals surface area contributed by atoms with E-state index in [-0.39, 0.29) is 0 Å². The number of piperidine rings is 1. The zero-order valence-corrected chi connectivity index (χ0v) is 9.70. The highest BCUT2D eigenvalue weighted by molar-refractivity contribution is 4.80. The highest BCUT2D eigenvalue weighted by atomic mass is 16.5. The van der Waals surface area contributed by atoms with Gasteiger partial charge in [-0.1, -0.05) is 0 Å². The van der Waals surface area contributed by atoms with E-state index >= 15 is 0 Å². The second-order valence-electron chi connectivity index (χ2n) is 4.56. The first-order valence-corrected chi connectivity index (χ1v) is 5.63. The predicted molar refractivity (Wildman–Crippen MR) is 59.3 cm³/mol. The molecule has 0 bridgehead atoms. The molecule has 1 rings (SSSR count). The number of hydrogen-bond donors (Lipinski definition) is 1. The fraction of sp³-hybridized carbons (Fsp3) is 1.00. The highest BCUT2D eigenvalue weighted by Gasteiger charge is 2.25. The maximum atomic E-state index is 5.95. The molecule has 0 aromatic rings. The lowest BCUT2D eigenvalue weighted by Gasteiger charge is -2.38. The van der Waals surface area contributed by atoms with Crippen LogP contribution in [0.2, 0.25) is 0 Å². The molecule has 1 heterocycles. The topological polar surface area (TPSA) is 38.5 Å². The van der Waals surface area contributed by atoms with Crippen molar-refractivity contribution in [3.8, 4) is 0 Å². The summed E-state index contributed by atoms with van der Waals surface area (Å²) in [5.41, 5.74) is 5.95. The fourth-order valence-electron chi connectivity index (χ4n) is 2.22. The van der Waals surface area contributed by atoms with Gasteiger partial charge in [0.2, 0.25) is 0 Å². The summed E-state index contributed by atoms with van der Waals surface area (Å²) in [5.74, 6) is 0.669. The van der Waals surface area contributed by atoms with Crippen molar-refractivity contribution in [1.82, 2.24) is 4.90 Å². The van der Waals surface area contributed by atoms with E-state index < -0.39 is 0 Å². The zero-order valence-electron chi connectivity index (χ0n) is 9.70. The summed E-state index contributed by atoms with van der Waals surface area (Å²) in [4.78, 5) is 2.50. The van der Waals surface area contributed by atoms with Crippen molar-refractivity contribution in [2.75, 3.05) is 26.8 Å². The van der Waals surface area contributed by atoms with Crippen LogP contribution in [0, 0.1) is 5.92 Å². The van der Waals surface area contributed by atoms with Crippen molar-refractivity contribution in [2.45, 2.75) is 38.8 Å². The number of ether oxygens (including phenoxy) is 1. The molecule has 0 aromatic carbocycles. The second-order valence-corrected chi connectivity index (χ2v) is 4.56. The summed E-state index contributed by atoms with van der Waals surface area (Å²) >= 11 is 0. The van der Waals surface area contributed by atoms with Crippen molar-refractivity contribution in [2.24, 2.45) is 11.7 Å². The van der Waals surface area contributed by atoms with Gasteiger partial charge in [0.1, 0.15) is 0 Å². The molecule has 84 valence electrons. The van der Waals surface area contributed by atoms with Crippen molar-refractivity contribution in [1.29, 1.82) is 0 Å². The minimum Gasteiger partial charge on any atom is -0.383 e. The molecule has 3 nitrogen and oxygen atoms in total. The Balaban J connectivity index is 2.39. The van der Waals surface area contributed by atoms with E-state index in [9.17, 15) is 0 Å². The monoisotopic (exact) mass is 200 g/mol. The van der Waals surface area contributed by atoms with Crippen LogP contribution in [-0.2, 0) is 4.74 Å². The third-order valence-corrected chi connectivity index (χ3v) is 3.26. The van der Waals surface area contributed by atoms with E-state index in [1.807, 2.05) is 0 Å². The van der Waals surface area contributed by atoms with Crippen molar-refractivity contribution >= 4 is 0 Å². The molecule has 1 aliphatic rings. The van der Waals surface area contributed by atoms with Gasteiger partial charge in [0.15, 0.2) is 0 Å². The molecule has 3 heteroatoms. The number of methoxy groups -OCH3 is 1. The summed E-state index contributed by atoms with van der Waals surface area (Å²) in [7, 11) is 1.77. The van der Waals surface area contributed by atoms with Crippen molar-refractivity contribution in [3.63, 3.8) is 0 Å². The Morgan fingerprint density at radius 1 is 1.50 bits per heavy atom. The summed E-state index contributed by atoms with van der Waals surface area (Å²) < 4.78 is 5.18. The summed E-state index contributed by atoms with van der Waals surface area (Å²) in [6, 6.07) is 0.856. The third-order valence-electron chi connectivity index (χ3n) is 3.26. The van der Waals surface area contributed by atoms with Gasteiger partial charge in [-0.25, -0.2) is 0 Å². The maximum absolute atomic E-state index is 5.95. The molecule has 2 N–H and O–H groups in total. The molecule has 1 aliphatic heterocycles. The molecule has 0 spiro atoms. The Kier molecular flexibility index (Phi) is 4.85. The van der Waals surface area contributed by atoms with Gasteiger partial charge in [0, 0.05) is 25.7 Å². The number of likely N-dealkylation sites (tertiary alicyclic amines) is 1. The molecular formula is C11H24N2O. The highest BCUT2D eigenvalue weighted by Crippen LogP contribution is 2.20. The fourth-order valence-corrected chi connectivity index (χ4v) is 2.22. The normalized spacial score (nSPS) is 28.7. The lowest BCUT2D eigenvalue weighted by molar-refractivity contribution is 0.0639. The average molecular weight is 200 g/mol. The number of hydrogen-bond acceptors (Lipinski definition) is 3. The Bertz CT molecular complexity index is 161. The van der Waals surface area contributed by atoms with Gasteiger partial charge in [-0.05, 0) is 39.2 Å². The lowest BCUT2D eigenvalue weighted by Crippen LogP contribution is -2.47. The molecule has 3 unspecified atom stereocenters. The Morgan fingerprint density at radius 3 is 2.79 bits per heavy atom. The molecule has 3 atom stereocenters. The molecular weight excluding hydrogens is 176 g/mol. The van der Waals surface area contributed by atoms with Crippen LogP contribution >= 0.6 is 0 Å². The van der Waals surface area contributed by atoms with E-state index in [1.165, 1.54) is 19.4 Å². The van der Waals surface area contributed by atoms with Gasteiger partial charge in [-0.2, -0.15) is 0 Å². The molecule has 1 saturated heterocycles. The third kappa shape index (κ3) is 3.23. The SMILES string of the molecule is COCC(C)N1CCCC(C(C)N)C1. The molecule has 14 heavy (non-hydrogen) atoms. The first-order valence-electron chi connectivity index (χ1n) is 5.63. The van der Waals surface area contributed by atoms with Crippen molar-refractivity contribution < 1.29 is 4.74 Å². The minimum atomic E-state index is 0.326. The lowest BCUT2D eigenvalue weighted by atomic mass is 9.91. The quantitative estimate of drug-likeness (QED) is 0.738. The second kappa shape index (κ2) is 5.69. The summed E-state index contributed by atoms with van der Waals surface area (Å²) in [5, 5.41) is 0. The molecule has 0 aromatic heterocycles. The number of rotatable bonds is 4. The average Bonchev–Trinajstić information content (AvgIpc) is 2.18. The number of nitrogens with two attached hydrogens (primary N) is 1. The standard InChI is InChI=1S/C11H24N2O/c1-9(8-14-3)13-6-4-5-11(7-13)10(2)12/h9-11H,4-8,12H2,1-3H3. The van der Waals surface area contributed by atoms with Gasteiger partial charge in [-0.15, -0.1) is 0 Å². The van der Waals surface area contributed by atoms with Crippen molar-refractivity contribution in [3.05, 3.63) is 0 Å². The smallest absolute Gasteiger partial charge is 0.0615 e. The van der Waals surface area contributed by atoms with E-state index in [2.05, 4.69) is 18.7 Å². The maximum Gasteiger partial charge on any atom is 0.0615 e. The summed E-state index contributed by atoms with van der Waals surface area (Å²) in [6.45, 7) is 7.52. The van der Waals surface area contributed by atoms with E-state index in [1.54, 1.807) is 7.11 Å². The Morgan fingerprint density at radius 2 is 2.21 bits per heavy atom. The minimum absolute atomic E-state index is 0.326. The summed E-state index contributed by atoms with van der Waals surface area (Å²) in [6.07, 6.45) is 2.56. The van der Waals surface area contributed by atoms with Crippen LogP contribution in [-0.4, -0.2) is 43.8 Å². The first kappa shape index (κ1) is 12.0. The molecule has 0 saturated carbocycles. The van der Waals surface area contributed by atoms with Crippen LogP contribution in [0.1, 0.15) is 26.7 Å². The largest absolute Gasteiger partial charge is 0.383 e. The Labute approximate surface area is 87.6 Å². The van der Waals surface area contributed by atoms with Crippen LogP contribution in [0.15, 0.2) is 0 Å². The van der Waals surface area contributed by atoms with Crippen LogP contribution in [0.5, 0.6) is 0 Å². The molecule has 1 fully saturated rings. The van der Waals surface area contributed by atoms with Crippen LogP contribution in [0.4, 0.5) is 0 Å². The number of nitrogens with zero attached hydrogens (tertiary/aromatic N) is 1. The Hall–Kier alpha value is -0.120. The molecule has 0 amide bonds. The van der Waals surface area contributed by atoms with E-state index in [0.29, 0.717) is 18.0 Å². The molecule has 0 aliphatic carbocycles. The van der Waals surface area contributed by atoms with Crippen LogP contribution in [0.25, 0.3) is 0 Å².